The van der Waals surface area contributed by atoms with Gasteiger partial charge in [0.2, 0.25) is 0 Å². The summed E-state index contributed by atoms with van der Waals surface area (Å²) in [5, 5.41) is 6.65. The van der Waals surface area contributed by atoms with Crippen molar-refractivity contribution in [2.75, 3.05) is 10.6 Å². The molecule has 1 heterocycles. The number of carbonyl (C=O) groups excluding carboxylic acids is 1. The van der Waals surface area contributed by atoms with Crippen molar-refractivity contribution >= 4 is 34.6 Å². The summed E-state index contributed by atoms with van der Waals surface area (Å²) in [6, 6.07) is 17.0. The van der Waals surface area contributed by atoms with Gasteiger partial charge in [0.05, 0.1) is 17.4 Å². The van der Waals surface area contributed by atoms with Crippen LogP contribution in [-0.2, 0) is 6.42 Å². The number of aromatic nitrogens is 1. The van der Waals surface area contributed by atoms with Crippen molar-refractivity contribution in [2.24, 2.45) is 0 Å². The second-order valence-electron chi connectivity index (χ2n) is 5.60. The lowest BCUT2D eigenvalue weighted by Crippen LogP contribution is -2.12. The van der Waals surface area contributed by atoms with E-state index in [0.29, 0.717) is 16.3 Å². The molecule has 0 bridgehead atoms. The lowest BCUT2D eigenvalue weighted by Gasteiger charge is -2.09. The summed E-state index contributed by atoms with van der Waals surface area (Å²) >= 11 is 5.94. The average Bonchev–Trinajstić information content (AvgIpc) is 2.62. The highest BCUT2D eigenvalue weighted by Crippen LogP contribution is 2.19. The third kappa shape index (κ3) is 4.58. The van der Waals surface area contributed by atoms with E-state index in [0.717, 1.165) is 17.8 Å². The van der Waals surface area contributed by atoms with E-state index in [2.05, 4.69) is 34.7 Å². The number of halogens is 1. The van der Waals surface area contributed by atoms with Gasteiger partial charge in [-0.15, -0.1) is 0 Å². The van der Waals surface area contributed by atoms with E-state index >= 15 is 0 Å². The van der Waals surface area contributed by atoms with E-state index in [1.807, 2.05) is 12.1 Å². The molecule has 0 fully saturated rings. The Kier molecular flexibility index (Phi) is 5.31. The first-order chi connectivity index (χ1) is 12.1. The van der Waals surface area contributed by atoms with Gasteiger partial charge in [0.1, 0.15) is 0 Å². The molecule has 0 unspecified atom stereocenters. The summed E-state index contributed by atoms with van der Waals surface area (Å²) in [4.78, 5) is 16.5. The number of aryl methyl sites for hydroxylation is 1. The number of nitrogens with zero attached hydrogens (tertiary/aromatic N) is 1. The van der Waals surface area contributed by atoms with Crippen LogP contribution in [0.1, 0.15) is 22.8 Å². The molecule has 25 heavy (non-hydrogen) atoms. The molecular formula is C20H18ClN3O. The summed E-state index contributed by atoms with van der Waals surface area (Å²) in [5.41, 5.74) is 4.09. The Morgan fingerprint density at radius 1 is 1.00 bits per heavy atom. The van der Waals surface area contributed by atoms with E-state index in [1.165, 1.54) is 11.8 Å². The molecule has 3 rings (SSSR count). The maximum Gasteiger partial charge on any atom is 0.257 e. The summed E-state index contributed by atoms with van der Waals surface area (Å²) in [7, 11) is 0. The number of anilines is 3. The van der Waals surface area contributed by atoms with Crippen LogP contribution < -0.4 is 10.6 Å². The van der Waals surface area contributed by atoms with Gasteiger partial charge in [-0.05, 0) is 48.4 Å². The van der Waals surface area contributed by atoms with Crippen LogP contribution in [0.25, 0.3) is 0 Å². The lowest BCUT2D eigenvalue weighted by molar-refractivity contribution is 0.102. The number of benzene rings is 2. The Hall–Kier alpha value is -2.85. The van der Waals surface area contributed by atoms with E-state index in [-0.39, 0.29) is 5.91 Å². The first kappa shape index (κ1) is 17.0. The van der Waals surface area contributed by atoms with Gasteiger partial charge in [0.15, 0.2) is 0 Å². The molecule has 0 aliphatic rings. The zero-order chi connectivity index (χ0) is 17.6. The largest absolute Gasteiger partial charge is 0.354 e. The van der Waals surface area contributed by atoms with Gasteiger partial charge in [-0.3, -0.25) is 9.78 Å². The Morgan fingerprint density at radius 2 is 1.80 bits per heavy atom. The fourth-order valence-corrected chi connectivity index (χ4v) is 2.58. The smallest absolute Gasteiger partial charge is 0.257 e. The van der Waals surface area contributed by atoms with Crippen LogP contribution in [0.4, 0.5) is 17.1 Å². The number of carbonyl (C=O) groups is 1. The molecular weight excluding hydrogens is 334 g/mol. The number of hydrogen-bond donors (Lipinski definition) is 2. The Balaban J connectivity index is 1.72. The predicted octanol–water partition coefficient (Wildman–Crippen LogP) is 5.29. The van der Waals surface area contributed by atoms with Crippen molar-refractivity contribution in [3.8, 4) is 0 Å². The predicted molar refractivity (Wildman–Crippen MR) is 103 cm³/mol. The first-order valence-corrected chi connectivity index (χ1v) is 8.40. The summed E-state index contributed by atoms with van der Waals surface area (Å²) in [6.45, 7) is 2.12. The molecule has 126 valence electrons. The van der Waals surface area contributed by atoms with Crippen molar-refractivity contribution in [3.05, 3.63) is 83.1 Å². The minimum atomic E-state index is -0.236. The second-order valence-corrected chi connectivity index (χ2v) is 6.04. The fraction of sp³-hybridized carbons (Fsp3) is 0.100. The molecule has 0 atom stereocenters. The third-order valence-corrected chi connectivity index (χ3v) is 3.97. The maximum absolute atomic E-state index is 12.4. The molecule has 0 aliphatic carbocycles. The van der Waals surface area contributed by atoms with Gasteiger partial charge < -0.3 is 10.6 Å². The van der Waals surface area contributed by atoms with Crippen molar-refractivity contribution in [1.82, 2.24) is 4.98 Å². The van der Waals surface area contributed by atoms with Gasteiger partial charge in [-0.1, -0.05) is 36.7 Å². The average molecular weight is 352 g/mol. The normalized spacial score (nSPS) is 10.3. The maximum atomic E-state index is 12.4. The molecule has 5 heteroatoms. The van der Waals surface area contributed by atoms with Crippen LogP contribution in [0.5, 0.6) is 0 Å². The van der Waals surface area contributed by atoms with Gasteiger partial charge in [0.25, 0.3) is 5.91 Å². The van der Waals surface area contributed by atoms with Crippen molar-refractivity contribution < 1.29 is 4.79 Å². The third-order valence-electron chi connectivity index (χ3n) is 3.73. The molecule has 2 N–H and O–H groups in total. The van der Waals surface area contributed by atoms with E-state index < -0.39 is 0 Å². The lowest BCUT2D eigenvalue weighted by atomic mass is 10.1. The highest BCUT2D eigenvalue weighted by molar-refractivity contribution is 6.30. The zero-order valence-electron chi connectivity index (χ0n) is 13.8. The van der Waals surface area contributed by atoms with Gasteiger partial charge in [-0.2, -0.15) is 0 Å². The minimum absolute atomic E-state index is 0.236. The fourth-order valence-electron chi connectivity index (χ4n) is 2.39. The van der Waals surface area contributed by atoms with Crippen LogP contribution in [0.3, 0.4) is 0 Å². The van der Waals surface area contributed by atoms with E-state index in [9.17, 15) is 4.79 Å². The van der Waals surface area contributed by atoms with Gasteiger partial charge in [-0.25, -0.2) is 0 Å². The van der Waals surface area contributed by atoms with Gasteiger partial charge >= 0.3 is 0 Å². The number of hydrogen-bond acceptors (Lipinski definition) is 3. The molecule has 4 nitrogen and oxygen atoms in total. The topological polar surface area (TPSA) is 54.0 Å². The Morgan fingerprint density at radius 3 is 2.52 bits per heavy atom. The highest BCUT2D eigenvalue weighted by atomic mass is 35.5. The number of amides is 1. The highest BCUT2D eigenvalue weighted by Gasteiger charge is 2.08. The molecule has 0 radical (unpaired) electrons. The number of pyridine rings is 1. The Bertz CT molecular complexity index is 878. The standard InChI is InChI=1S/C20H18ClN3O/c1-2-14-6-8-17(9-7-14)23-19-10-15(12-22-13-19)20(25)24-18-5-3-4-16(21)11-18/h3-13,23H,2H2,1H3,(H,24,25). The van der Waals surface area contributed by atoms with Crippen LogP contribution in [0.2, 0.25) is 5.02 Å². The second kappa shape index (κ2) is 7.81. The first-order valence-electron chi connectivity index (χ1n) is 8.02. The Labute approximate surface area is 151 Å². The van der Waals surface area contributed by atoms with Gasteiger partial charge in [0, 0.05) is 22.6 Å². The summed E-state index contributed by atoms with van der Waals surface area (Å²) in [5.74, 6) is -0.236. The van der Waals surface area contributed by atoms with E-state index in [4.69, 9.17) is 11.6 Å². The van der Waals surface area contributed by atoms with E-state index in [1.54, 1.807) is 36.5 Å². The number of rotatable bonds is 5. The zero-order valence-corrected chi connectivity index (χ0v) is 14.5. The van der Waals surface area contributed by atoms with Crippen molar-refractivity contribution in [1.29, 1.82) is 0 Å². The summed E-state index contributed by atoms with van der Waals surface area (Å²) < 4.78 is 0. The summed E-state index contributed by atoms with van der Waals surface area (Å²) in [6.07, 6.45) is 4.22. The molecule has 0 spiro atoms. The van der Waals surface area contributed by atoms with Crippen LogP contribution in [0.15, 0.2) is 67.0 Å². The SMILES string of the molecule is CCc1ccc(Nc2cncc(C(=O)Nc3cccc(Cl)c3)c2)cc1. The van der Waals surface area contributed by atoms with Crippen molar-refractivity contribution in [2.45, 2.75) is 13.3 Å². The molecule has 0 saturated heterocycles. The minimum Gasteiger partial charge on any atom is -0.354 e. The molecule has 1 aromatic heterocycles. The molecule has 0 saturated carbocycles. The molecule has 1 amide bonds. The number of nitrogens with one attached hydrogen (secondary N) is 2. The van der Waals surface area contributed by atoms with Crippen LogP contribution in [-0.4, -0.2) is 10.9 Å². The quantitative estimate of drug-likeness (QED) is 0.656. The molecule has 3 aromatic rings. The monoisotopic (exact) mass is 351 g/mol. The van der Waals surface area contributed by atoms with Crippen LogP contribution in [0, 0.1) is 0 Å². The molecule has 0 aliphatic heterocycles. The van der Waals surface area contributed by atoms with Crippen molar-refractivity contribution in [3.63, 3.8) is 0 Å². The molecule has 2 aromatic carbocycles. The van der Waals surface area contributed by atoms with Crippen LogP contribution >= 0.6 is 11.6 Å².